The highest BCUT2D eigenvalue weighted by atomic mass is 16.4. The van der Waals surface area contributed by atoms with Gasteiger partial charge in [-0.25, -0.2) is 4.79 Å². The topological polar surface area (TPSA) is 98.0 Å². The lowest BCUT2D eigenvalue weighted by atomic mass is 10.1. The van der Waals surface area contributed by atoms with E-state index < -0.39 is 12.1 Å². The number of aliphatic carboxylic acids is 1. The number of aliphatic hydroxyl groups excluding tert-OH is 1. The molecule has 0 aliphatic heterocycles. The molecule has 1 aromatic carbocycles. The van der Waals surface area contributed by atoms with Gasteiger partial charge in [0.1, 0.15) is 11.5 Å². The monoisotopic (exact) mass is 198 g/mol. The van der Waals surface area contributed by atoms with E-state index in [-0.39, 0.29) is 23.5 Å². The molecule has 0 spiro atoms. The molecule has 1 unspecified atom stereocenters. The lowest BCUT2D eigenvalue weighted by Crippen LogP contribution is -2.22. The Morgan fingerprint density at radius 1 is 1.29 bits per heavy atom. The van der Waals surface area contributed by atoms with Crippen LogP contribution in [0.5, 0.6) is 11.5 Å². The van der Waals surface area contributed by atoms with Crippen LogP contribution in [0, 0.1) is 0 Å². The van der Waals surface area contributed by atoms with Gasteiger partial charge in [-0.3, -0.25) is 0 Å². The Morgan fingerprint density at radius 3 is 2.21 bits per heavy atom. The molecular weight excluding hydrogens is 188 g/mol. The van der Waals surface area contributed by atoms with Gasteiger partial charge in [-0.15, -0.1) is 0 Å². The van der Waals surface area contributed by atoms with Gasteiger partial charge >= 0.3 is 5.97 Å². The van der Waals surface area contributed by atoms with Crippen LogP contribution < -0.4 is 0 Å². The van der Waals surface area contributed by atoms with Crippen molar-refractivity contribution in [2.45, 2.75) is 12.5 Å². The fraction of sp³-hybridized carbons (Fsp3) is 0.222. The highest BCUT2D eigenvalue weighted by molar-refractivity contribution is 5.72. The van der Waals surface area contributed by atoms with Crippen molar-refractivity contribution in [2.75, 3.05) is 0 Å². The second-order valence-electron chi connectivity index (χ2n) is 2.83. The Morgan fingerprint density at radius 2 is 1.79 bits per heavy atom. The molecule has 0 radical (unpaired) electrons. The molecule has 0 aliphatic rings. The fourth-order valence-electron chi connectivity index (χ4n) is 1.05. The van der Waals surface area contributed by atoms with Crippen LogP contribution in [0.3, 0.4) is 0 Å². The van der Waals surface area contributed by atoms with Crippen LogP contribution in [0.25, 0.3) is 0 Å². The smallest absolute Gasteiger partial charge is 0.332 e. The number of hydrogen-bond donors (Lipinski definition) is 4. The maximum Gasteiger partial charge on any atom is 0.332 e. The third kappa shape index (κ3) is 2.14. The van der Waals surface area contributed by atoms with E-state index in [0.29, 0.717) is 0 Å². The summed E-state index contributed by atoms with van der Waals surface area (Å²) in [6, 6.07) is 4.04. The molecule has 0 aliphatic carbocycles. The van der Waals surface area contributed by atoms with Crippen LogP contribution in [-0.4, -0.2) is 32.5 Å². The molecule has 0 heterocycles. The van der Waals surface area contributed by atoms with E-state index in [9.17, 15) is 15.0 Å². The van der Waals surface area contributed by atoms with Crippen molar-refractivity contribution >= 4 is 5.97 Å². The van der Waals surface area contributed by atoms with Crippen molar-refractivity contribution in [3.05, 3.63) is 23.8 Å². The van der Waals surface area contributed by atoms with Crippen LogP contribution in [-0.2, 0) is 11.2 Å². The number of phenolic OH excluding ortho intramolecular Hbond substituents is 2. The van der Waals surface area contributed by atoms with E-state index in [1.807, 2.05) is 0 Å². The van der Waals surface area contributed by atoms with Crippen LogP contribution >= 0.6 is 0 Å². The number of aromatic hydroxyl groups is 2. The van der Waals surface area contributed by atoms with E-state index >= 15 is 0 Å². The molecule has 0 saturated carbocycles. The van der Waals surface area contributed by atoms with Gasteiger partial charge in [0.25, 0.3) is 0 Å². The Kier molecular flexibility index (Phi) is 2.93. The van der Waals surface area contributed by atoms with Crippen LogP contribution in [0.1, 0.15) is 5.56 Å². The predicted octanol–water partition coefficient (Wildman–Crippen LogP) is 0.0858. The number of carboxylic acid groups (broad SMARTS) is 1. The Hall–Kier alpha value is -1.75. The first kappa shape index (κ1) is 10.3. The largest absolute Gasteiger partial charge is 0.508 e. The normalized spacial score (nSPS) is 12.4. The fourth-order valence-corrected chi connectivity index (χ4v) is 1.05. The molecule has 14 heavy (non-hydrogen) atoms. The van der Waals surface area contributed by atoms with Gasteiger partial charge < -0.3 is 20.4 Å². The van der Waals surface area contributed by atoms with Crippen molar-refractivity contribution in [1.82, 2.24) is 0 Å². The summed E-state index contributed by atoms with van der Waals surface area (Å²) >= 11 is 0. The second kappa shape index (κ2) is 3.97. The molecule has 0 saturated heterocycles. The number of carboxylic acids is 1. The molecule has 1 rings (SSSR count). The SMILES string of the molecule is O=C(O)C(O)Cc1c(O)cccc1O. The molecule has 0 amide bonds. The summed E-state index contributed by atoms with van der Waals surface area (Å²) in [6.07, 6.45) is -1.96. The lowest BCUT2D eigenvalue weighted by Gasteiger charge is -2.08. The van der Waals surface area contributed by atoms with Crippen molar-refractivity contribution in [2.24, 2.45) is 0 Å². The number of benzene rings is 1. The first-order chi connectivity index (χ1) is 6.52. The molecule has 0 fully saturated rings. The number of rotatable bonds is 3. The minimum absolute atomic E-state index is 0.0300. The highest BCUT2D eigenvalue weighted by Crippen LogP contribution is 2.27. The van der Waals surface area contributed by atoms with Crippen LogP contribution in [0.15, 0.2) is 18.2 Å². The zero-order valence-corrected chi connectivity index (χ0v) is 7.21. The summed E-state index contributed by atoms with van der Waals surface area (Å²) in [5.74, 6) is -1.86. The van der Waals surface area contributed by atoms with Crippen molar-refractivity contribution in [3.63, 3.8) is 0 Å². The van der Waals surface area contributed by atoms with Crippen molar-refractivity contribution < 1.29 is 25.2 Å². The molecule has 5 heteroatoms. The first-order valence-corrected chi connectivity index (χ1v) is 3.93. The van der Waals surface area contributed by atoms with Crippen LogP contribution in [0.2, 0.25) is 0 Å². The standard InChI is InChI=1S/C9H10O5/c10-6-2-1-3-7(11)5(6)4-8(12)9(13)14/h1-3,8,10-12H,4H2,(H,13,14). The minimum Gasteiger partial charge on any atom is -0.508 e. The van der Waals surface area contributed by atoms with Crippen LogP contribution in [0.4, 0.5) is 0 Å². The van der Waals surface area contributed by atoms with E-state index in [1.54, 1.807) is 0 Å². The molecular formula is C9H10O5. The van der Waals surface area contributed by atoms with Gasteiger partial charge in [-0.05, 0) is 12.1 Å². The number of hydrogen-bond acceptors (Lipinski definition) is 4. The summed E-state index contributed by atoms with van der Waals surface area (Å²) < 4.78 is 0. The van der Waals surface area contributed by atoms with Gasteiger partial charge in [-0.2, -0.15) is 0 Å². The number of carbonyl (C=O) groups is 1. The molecule has 1 atom stereocenters. The maximum atomic E-state index is 10.3. The molecule has 5 nitrogen and oxygen atoms in total. The number of aliphatic hydroxyl groups is 1. The summed E-state index contributed by atoms with van der Waals surface area (Å²) in [5.41, 5.74) is 0.0300. The van der Waals surface area contributed by atoms with E-state index in [2.05, 4.69) is 0 Å². The zero-order valence-electron chi connectivity index (χ0n) is 7.21. The summed E-state index contributed by atoms with van der Waals surface area (Å²) in [5, 5.41) is 35.9. The molecule has 0 aromatic heterocycles. The molecule has 1 aromatic rings. The third-order valence-corrected chi connectivity index (χ3v) is 1.81. The number of phenols is 2. The van der Waals surface area contributed by atoms with Gasteiger partial charge in [0, 0.05) is 12.0 Å². The average Bonchev–Trinajstić information content (AvgIpc) is 2.11. The second-order valence-corrected chi connectivity index (χ2v) is 2.83. The quantitative estimate of drug-likeness (QED) is 0.551. The summed E-state index contributed by atoms with van der Waals surface area (Å²) in [4.78, 5) is 10.3. The maximum absolute atomic E-state index is 10.3. The van der Waals surface area contributed by atoms with Gasteiger partial charge in [0.15, 0.2) is 6.10 Å². The van der Waals surface area contributed by atoms with E-state index in [0.717, 1.165) is 0 Å². The summed E-state index contributed by atoms with van der Waals surface area (Å²) in [6.45, 7) is 0. The predicted molar refractivity (Wildman–Crippen MR) is 47.1 cm³/mol. The van der Waals surface area contributed by atoms with E-state index in [4.69, 9.17) is 10.2 Å². The van der Waals surface area contributed by atoms with Gasteiger partial charge in [0.2, 0.25) is 0 Å². The Labute approximate surface area is 79.9 Å². The van der Waals surface area contributed by atoms with Gasteiger partial charge in [-0.1, -0.05) is 6.07 Å². The Bertz CT molecular complexity index is 327. The third-order valence-electron chi connectivity index (χ3n) is 1.81. The molecule has 4 N–H and O–H groups in total. The molecule has 76 valence electrons. The minimum atomic E-state index is -1.63. The molecule has 0 bridgehead atoms. The highest BCUT2D eigenvalue weighted by Gasteiger charge is 2.18. The summed E-state index contributed by atoms with van der Waals surface area (Å²) in [7, 11) is 0. The van der Waals surface area contributed by atoms with Gasteiger partial charge in [0.05, 0.1) is 0 Å². The Balaban J connectivity index is 2.91. The van der Waals surface area contributed by atoms with E-state index in [1.165, 1.54) is 18.2 Å². The van der Waals surface area contributed by atoms with Crippen molar-refractivity contribution in [3.8, 4) is 11.5 Å². The lowest BCUT2D eigenvalue weighted by molar-refractivity contribution is -0.146. The average molecular weight is 198 g/mol. The first-order valence-electron chi connectivity index (χ1n) is 3.93. The van der Waals surface area contributed by atoms with Crippen molar-refractivity contribution in [1.29, 1.82) is 0 Å². The zero-order chi connectivity index (χ0) is 10.7.